The Hall–Kier alpha value is -3.45. The molecule has 2 aromatic heterocycles. The van der Waals surface area contributed by atoms with Crippen LogP contribution in [0, 0.1) is 10.1 Å². The fraction of sp³-hybridized carbons (Fsp3) is 0.208. The molecule has 0 spiro atoms. The summed E-state index contributed by atoms with van der Waals surface area (Å²) in [6, 6.07) is 16.8. The summed E-state index contributed by atoms with van der Waals surface area (Å²) in [6.45, 7) is 4.75. The molecule has 0 saturated heterocycles. The number of aromatic nitrogens is 1. The number of furan rings is 1. The summed E-state index contributed by atoms with van der Waals surface area (Å²) in [5.74, 6) is 0.797. The highest BCUT2D eigenvalue weighted by Crippen LogP contribution is 2.28. The zero-order valence-electron chi connectivity index (χ0n) is 17.4. The van der Waals surface area contributed by atoms with Gasteiger partial charge in [-0.05, 0) is 36.1 Å². The second kappa shape index (κ2) is 9.14. The largest absolute Gasteiger partial charge is 0.467 e. The fourth-order valence-electron chi connectivity index (χ4n) is 3.59. The molecule has 2 heterocycles. The first kappa shape index (κ1) is 20.8. The van der Waals surface area contributed by atoms with Crippen molar-refractivity contribution in [3.63, 3.8) is 0 Å². The van der Waals surface area contributed by atoms with Gasteiger partial charge in [-0.25, -0.2) is 4.99 Å². The van der Waals surface area contributed by atoms with Gasteiger partial charge in [0.1, 0.15) is 5.76 Å². The van der Waals surface area contributed by atoms with Crippen LogP contribution in [-0.4, -0.2) is 9.49 Å². The van der Waals surface area contributed by atoms with E-state index in [0.29, 0.717) is 6.54 Å². The quantitative estimate of drug-likeness (QED) is 0.260. The number of rotatable bonds is 7. The van der Waals surface area contributed by atoms with Gasteiger partial charge >= 0.3 is 0 Å². The zero-order chi connectivity index (χ0) is 21.8. The molecule has 4 rings (SSSR count). The van der Waals surface area contributed by atoms with E-state index in [1.165, 1.54) is 28.5 Å². The van der Waals surface area contributed by atoms with E-state index in [-0.39, 0.29) is 10.6 Å². The number of para-hydroxylation sites is 1. The van der Waals surface area contributed by atoms with Crippen LogP contribution in [0.2, 0.25) is 0 Å². The third-order valence-electron chi connectivity index (χ3n) is 5.22. The molecule has 0 N–H and O–H groups in total. The van der Waals surface area contributed by atoms with Crippen LogP contribution < -0.4 is 4.80 Å². The molecule has 0 bridgehead atoms. The molecule has 0 aliphatic rings. The zero-order valence-corrected chi connectivity index (χ0v) is 18.3. The van der Waals surface area contributed by atoms with Crippen LogP contribution in [0.5, 0.6) is 0 Å². The van der Waals surface area contributed by atoms with Gasteiger partial charge in [0.25, 0.3) is 5.69 Å². The second-order valence-electron chi connectivity index (χ2n) is 7.12. The number of nitro groups is 1. The van der Waals surface area contributed by atoms with Gasteiger partial charge in [-0.2, -0.15) is 0 Å². The first-order chi connectivity index (χ1) is 15.1. The topological polar surface area (TPSA) is 73.6 Å². The number of benzene rings is 2. The monoisotopic (exact) mass is 433 g/mol. The van der Waals surface area contributed by atoms with Crippen molar-refractivity contribution in [2.75, 3.05) is 0 Å². The summed E-state index contributed by atoms with van der Waals surface area (Å²) in [4.78, 5) is 16.8. The highest BCUT2D eigenvalue weighted by atomic mass is 32.1. The predicted octanol–water partition coefficient (Wildman–Crippen LogP) is 6.12. The number of nitro benzene ring substituents is 1. The first-order valence-corrected chi connectivity index (χ1v) is 11.1. The number of hydrogen-bond donors (Lipinski definition) is 0. The van der Waals surface area contributed by atoms with Crippen molar-refractivity contribution in [2.24, 2.45) is 4.99 Å². The van der Waals surface area contributed by atoms with Crippen LogP contribution in [0.3, 0.4) is 0 Å². The molecule has 0 amide bonds. The van der Waals surface area contributed by atoms with Crippen LogP contribution in [0.15, 0.2) is 75.7 Å². The normalized spacial score (nSPS) is 11.7. The summed E-state index contributed by atoms with van der Waals surface area (Å²) in [7, 11) is 0. The van der Waals surface area contributed by atoms with Gasteiger partial charge in [0.15, 0.2) is 4.80 Å². The average molecular weight is 434 g/mol. The summed E-state index contributed by atoms with van der Waals surface area (Å²) >= 11 is 1.53. The lowest BCUT2D eigenvalue weighted by Crippen LogP contribution is -2.16. The van der Waals surface area contributed by atoms with Crippen molar-refractivity contribution < 1.29 is 9.34 Å². The molecule has 2 aromatic carbocycles. The molecule has 0 aliphatic heterocycles. The minimum Gasteiger partial charge on any atom is -0.467 e. The Labute approximate surface area is 184 Å². The average Bonchev–Trinajstić information content (AvgIpc) is 3.44. The Morgan fingerprint density at radius 2 is 1.81 bits per heavy atom. The van der Waals surface area contributed by atoms with E-state index in [1.807, 2.05) is 23.6 Å². The van der Waals surface area contributed by atoms with Crippen molar-refractivity contribution in [3.05, 3.63) is 98.0 Å². The first-order valence-electron chi connectivity index (χ1n) is 10.2. The van der Waals surface area contributed by atoms with Crippen LogP contribution >= 0.6 is 11.3 Å². The number of thiazole rings is 1. The van der Waals surface area contributed by atoms with Crippen LogP contribution in [0.4, 0.5) is 11.4 Å². The molecule has 31 heavy (non-hydrogen) atoms. The van der Waals surface area contributed by atoms with Crippen molar-refractivity contribution in [2.45, 2.75) is 33.2 Å². The number of non-ortho nitro benzene ring substituents is 1. The Bertz CT molecular complexity index is 1250. The van der Waals surface area contributed by atoms with Gasteiger partial charge in [0, 0.05) is 23.1 Å². The minimum absolute atomic E-state index is 0.0661. The molecular weight excluding hydrogens is 410 g/mol. The van der Waals surface area contributed by atoms with Gasteiger partial charge in [-0.1, -0.05) is 44.2 Å². The highest BCUT2D eigenvalue weighted by molar-refractivity contribution is 7.07. The van der Waals surface area contributed by atoms with Crippen molar-refractivity contribution in [3.8, 4) is 11.3 Å². The van der Waals surface area contributed by atoms with Crippen LogP contribution in [-0.2, 0) is 19.4 Å². The van der Waals surface area contributed by atoms with Crippen molar-refractivity contribution in [1.29, 1.82) is 0 Å². The van der Waals surface area contributed by atoms with E-state index in [9.17, 15) is 10.1 Å². The highest BCUT2D eigenvalue weighted by Gasteiger charge is 2.14. The van der Waals surface area contributed by atoms with Crippen molar-refractivity contribution >= 4 is 22.7 Å². The summed E-state index contributed by atoms with van der Waals surface area (Å²) in [5.41, 5.74) is 5.13. The SMILES string of the molecule is CCc1cccc(CC)c1N=c1scc(-c2cccc([N+](=O)[O-])c2)n1Cc1ccco1. The van der Waals surface area contributed by atoms with E-state index in [2.05, 4.69) is 36.6 Å². The fourth-order valence-corrected chi connectivity index (χ4v) is 4.51. The maximum absolute atomic E-state index is 11.3. The lowest BCUT2D eigenvalue weighted by molar-refractivity contribution is -0.384. The summed E-state index contributed by atoms with van der Waals surface area (Å²) < 4.78 is 7.65. The Balaban J connectivity index is 1.92. The van der Waals surface area contributed by atoms with Gasteiger partial charge in [-0.3, -0.25) is 10.1 Å². The van der Waals surface area contributed by atoms with E-state index >= 15 is 0 Å². The Morgan fingerprint density at radius 1 is 1.06 bits per heavy atom. The standard InChI is InChI=1S/C24H23N3O3S/c1-3-17-8-5-9-18(4-2)23(17)25-24-26(15-21-12-7-13-30-21)22(16-31-24)19-10-6-11-20(14-19)27(28)29/h5-14,16H,3-4,15H2,1-2H3. The molecule has 158 valence electrons. The number of aryl methyl sites for hydroxylation is 2. The van der Waals surface area contributed by atoms with Crippen LogP contribution in [0.1, 0.15) is 30.7 Å². The molecule has 0 saturated carbocycles. The third kappa shape index (κ3) is 4.36. The third-order valence-corrected chi connectivity index (χ3v) is 6.08. The molecule has 0 atom stereocenters. The Morgan fingerprint density at radius 3 is 2.45 bits per heavy atom. The maximum Gasteiger partial charge on any atom is 0.270 e. The summed E-state index contributed by atoms with van der Waals surface area (Å²) in [6.07, 6.45) is 3.44. The van der Waals surface area contributed by atoms with E-state index < -0.39 is 0 Å². The number of nitrogens with zero attached hydrogens (tertiary/aromatic N) is 3. The van der Waals surface area contributed by atoms with Gasteiger partial charge in [0.05, 0.1) is 29.1 Å². The molecular formula is C24H23N3O3S. The Kier molecular flexibility index (Phi) is 6.13. The van der Waals surface area contributed by atoms with Gasteiger partial charge in [0.2, 0.25) is 0 Å². The molecule has 4 aromatic rings. The molecule has 0 radical (unpaired) electrons. The lowest BCUT2D eigenvalue weighted by atomic mass is 10.0. The summed E-state index contributed by atoms with van der Waals surface area (Å²) in [5, 5.41) is 13.3. The van der Waals surface area contributed by atoms with E-state index in [4.69, 9.17) is 9.41 Å². The maximum atomic E-state index is 11.3. The molecule has 0 fully saturated rings. The molecule has 7 heteroatoms. The molecule has 0 unspecified atom stereocenters. The minimum atomic E-state index is -0.372. The van der Waals surface area contributed by atoms with Crippen molar-refractivity contribution in [1.82, 2.24) is 4.57 Å². The smallest absolute Gasteiger partial charge is 0.270 e. The van der Waals surface area contributed by atoms with Gasteiger partial charge in [-0.15, -0.1) is 11.3 Å². The second-order valence-corrected chi connectivity index (χ2v) is 7.96. The van der Waals surface area contributed by atoms with Crippen LogP contribution in [0.25, 0.3) is 11.3 Å². The predicted molar refractivity (Wildman–Crippen MR) is 123 cm³/mol. The van der Waals surface area contributed by atoms with E-state index in [0.717, 1.165) is 40.3 Å². The van der Waals surface area contributed by atoms with Gasteiger partial charge < -0.3 is 8.98 Å². The number of hydrogen-bond acceptors (Lipinski definition) is 5. The van der Waals surface area contributed by atoms with E-state index in [1.54, 1.807) is 18.4 Å². The lowest BCUT2D eigenvalue weighted by Gasteiger charge is -2.10. The molecule has 6 nitrogen and oxygen atoms in total. The molecule has 0 aliphatic carbocycles.